The summed E-state index contributed by atoms with van der Waals surface area (Å²) >= 11 is 0. The zero-order valence-electron chi connectivity index (χ0n) is 10.4. The fourth-order valence-corrected chi connectivity index (χ4v) is 2.26. The summed E-state index contributed by atoms with van der Waals surface area (Å²) in [6.45, 7) is 2.43. The molecule has 1 saturated heterocycles. The molecule has 1 aromatic rings. The summed E-state index contributed by atoms with van der Waals surface area (Å²) in [6, 6.07) is 7.66. The van der Waals surface area contributed by atoms with Gasteiger partial charge in [0.05, 0.1) is 19.3 Å². The van der Waals surface area contributed by atoms with E-state index in [2.05, 4.69) is 4.90 Å². The lowest BCUT2D eigenvalue weighted by atomic mass is 10.1. The van der Waals surface area contributed by atoms with Gasteiger partial charge in [-0.15, -0.1) is 0 Å². The molecule has 2 rings (SSSR count). The summed E-state index contributed by atoms with van der Waals surface area (Å²) in [5, 5.41) is 8.71. The van der Waals surface area contributed by atoms with Crippen molar-refractivity contribution in [3.63, 3.8) is 0 Å². The van der Waals surface area contributed by atoms with Gasteiger partial charge in [-0.25, -0.2) is 0 Å². The number of piperidine rings is 1. The lowest BCUT2D eigenvalue weighted by Gasteiger charge is -2.33. The van der Waals surface area contributed by atoms with E-state index in [1.165, 1.54) is 0 Å². The van der Waals surface area contributed by atoms with Gasteiger partial charge in [0.1, 0.15) is 6.29 Å². The van der Waals surface area contributed by atoms with Gasteiger partial charge in [-0.2, -0.15) is 0 Å². The van der Waals surface area contributed by atoms with Crippen molar-refractivity contribution in [2.24, 2.45) is 0 Å². The Bertz CT molecular complexity index is 369. The Balaban J connectivity index is 1.86. The molecule has 1 aliphatic heterocycles. The van der Waals surface area contributed by atoms with Crippen molar-refractivity contribution in [2.45, 2.75) is 18.9 Å². The number of benzene rings is 1. The van der Waals surface area contributed by atoms with Crippen molar-refractivity contribution in [3.05, 3.63) is 29.8 Å². The van der Waals surface area contributed by atoms with Gasteiger partial charge in [0.15, 0.2) is 0 Å². The number of anilines is 1. The van der Waals surface area contributed by atoms with Crippen LogP contribution < -0.4 is 4.90 Å². The molecule has 0 aromatic heterocycles. The minimum Gasteiger partial charge on any atom is -0.394 e. The molecule has 0 unspecified atom stereocenters. The maximum absolute atomic E-state index is 10.6. The van der Waals surface area contributed by atoms with E-state index in [1.54, 1.807) is 0 Å². The first-order valence-electron chi connectivity index (χ1n) is 6.36. The van der Waals surface area contributed by atoms with Gasteiger partial charge >= 0.3 is 0 Å². The molecule has 0 bridgehead atoms. The van der Waals surface area contributed by atoms with Crippen LogP contribution >= 0.6 is 0 Å². The van der Waals surface area contributed by atoms with E-state index in [-0.39, 0.29) is 12.7 Å². The molecule has 18 heavy (non-hydrogen) atoms. The number of rotatable bonds is 5. The minimum atomic E-state index is 0.0906. The van der Waals surface area contributed by atoms with Gasteiger partial charge in [0.2, 0.25) is 0 Å². The third kappa shape index (κ3) is 3.31. The molecular weight excluding hydrogens is 230 g/mol. The molecular formula is C14H19NO3. The number of hydrogen-bond donors (Lipinski definition) is 1. The molecule has 0 radical (unpaired) electrons. The van der Waals surface area contributed by atoms with E-state index in [9.17, 15) is 4.79 Å². The predicted octanol–water partition coefficient (Wildman–Crippen LogP) is 1.48. The highest BCUT2D eigenvalue weighted by molar-refractivity contribution is 5.75. The van der Waals surface area contributed by atoms with Gasteiger partial charge in [0.25, 0.3) is 0 Å². The maximum atomic E-state index is 10.6. The fourth-order valence-electron chi connectivity index (χ4n) is 2.26. The topological polar surface area (TPSA) is 49.8 Å². The monoisotopic (exact) mass is 249 g/mol. The second-order valence-corrected chi connectivity index (χ2v) is 4.49. The first kappa shape index (κ1) is 13.1. The largest absolute Gasteiger partial charge is 0.394 e. The van der Waals surface area contributed by atoms with Gasteiger partial charge < -0.3 is 14.7 Å². The summed E-state index contributed by atoms with van der Waals surface area (Å²) in [4.78, 5) is 12.9. The lowest BCUT2D eigenvalue weighted by molar-refractivity contribution is 0.0159. The average molecular weight is 249 g/mol. The Kier molecular flexibility index (Phi) is 4.73. The molecule has 0 amide bonds. The van der Waals surface area contributed by atoms with E-state index in [1.807, 2.05) is 24.3 Å². The Hall–Kier alpha value is -1.39. The third-order valence-corrected chi connectivity index (χ3v) is 3.28. The van der Waals surface area contributed by atoms with Crippen molar-refractivity contribution >= 4 is 12.0 Å². The van der Waals surface area contributed by atoms with Crippen molar-refractivity contribution in [1.82, 2.24) is 0 Å². The van der Waals surface area contributed by atoms with Crippen LogP contribution in [0.4, 0.5) is 5.69 Å². The van der Waals surface area contributed by atoms with Gasteiger partial charge in [-0.3, -0.25) is 4.79 Å². The van der Waals surface area contributed by atoms with Crippen LogP contribution in [0.15, 0.2) is 24.3 Å². The Morgan fingerprint density at radius 1 is 1.28 bits per heavy atom. The van der Waals surface area contributed by atoms with E-state index in [0.717, 1.165) is 37.9 Å². The first-order valence-corrected chi connectivity index (χ1v) is 6.36. The molecule has 0 spiro atoms. The number of nitrogens with zero attached hydrogens (tertiary/aromatic N) is 1. The minimum absolute atomic E-state index is 0.0906. The second-order valence-electron chi connectivity index (χ2n) is 4.49. The lowest BCUT2D eigenvalue weighted by Crippen LogP contribution is -2.37. The highest BCUT2D eigenvalue weighted by atomic mass is 16.5. The zero-order valence-corrected chi connectivity index (χ0v) is 10.4. The fraction of sp³-hybridized carbons (Fsp3) is 0.500. The molecule has 1 aliphatic rings. The van der Waals surface area contributed by atoms with Crippen molar-refractivity contribution in [1.29, 1.82) is 0 Å². The van der Waals surface area contributed by atoms with Crippen LogP contribution in [0.2, 0.25) is 0 Å². The summed E-state index contributed by atoms with van der Waals surface area (Å²) in [5.74, 6) is 0. The van der Waals surface area contributed by atoms with E-state index < -0.39 is 0 Å². The van der Waals surface area contributed by atoms with Crippen molar-refractivity contribution in [3.8, 4) is 0 Å². The van der Waals surface area contributed by atoms with Crippen LogP contribution in [0.25, 0.3) is 0 Å². The number of aliphatic hydroxyl groups is 1. The van der Waals surface area contributed by atoms with Crippen molar-refractivity contribution in [2.75, 3.05) is 31.2 Å². The molecule has 1 fully saturated rings. The normalized spacial score (nSPS) is 16.8. The van der Waals surface area contributed by atoms with Crippen LogP contribution in [-0.4, -0.2) is 43.8 Å². The number of ether oxygens (including phenoxy) is 1. The van der Waals surface area contributed by atoms with Crippen LogP contribution in [-0.2, 0) is 4.74 Å². The zero-order chi connectivity index (χ0) is 12.8. The first-order chi connectivity index (χ1) is 8.83. The molecule has 0 aliphatic carbocycles. The molecule has 0 saturated carbocycles. The number of aldehydes is 1. The standard InChI is InChI=1S/C14H19NO3/c16-9-10-18-14-5-7-15(8-6-14)13-3-1-12(11-17)2-4-13/h1-4,11,14,16H,5-10H2. The van der Waals surface area contributed by atoms with E-state index in [4.69, 9.17) is 9.84 Å². The molecule has 0 atom stereocenters. The third-order valence-electron chi connectivity index (χ3n) is 3.28. The summed E-state index contributed by atoms with van der Waals surface area (Å²) < 4.78 is 5.53. The van der Waals surface area contributed by atoms with Crippen LogP contribution in [0.5, 0.6) is 0 Å². The molecule has 1 aromatic carbocycles. The Morgan fingerprint density at radius 2 is 1.94 bits per heavy atom. The summed E-state index contributed by atoms with van der Waals surface area (Å²) in [6.07, 6.45) is 3.09. The quantitative estimate of drug-likeness (QED) is 0.803. The van der Waals surface area contributed by atoms with Crippen molar-refractivity contribution < 1.29 is 14.6 Å². The highest BCUT2D eigenvalue weighted by Gasteiger charge is 2.19. The number of carbonyl (C=O) groups excluding carboxylic acids is 1. The van der Waals surface area contributed by atoms with Crippen LogP contribution in [0, 0.1) is 0 Å². The SMILES string of the molecule is O=Cc1ccc(N2CCC(OCCO)CC2)cc1. The molecule has 98 valence electrons. The predicted molar refractivity (Wildman–Crippen MR) is 70.1 cm³/mol. The number of carbonyl (C=O) groups is 1. The highest BCUT2D eigenvalue weighted by Crippen LogP contribution is 2.21. The molecule has 1 N–H and O–H groups in total. The van der Waals surface area contributed by atoms with Gasteiger partial charge in [-0.1, -0.05) is 0 Å². The second kappa shape index (κ2) is 6.52. The molecule has 1 heterocycles. The molecule has 4 heteroatoms. The molecule has 4 nitrogen and oxygen atoms in total. The van der Waals surface area contributed by atoms with E-state index in [0.29, 0.717) is 12.2 Å². The van der Waals surface area contributed by atoms with Crippen LogP contribution in [0.1, 0.15) is 23.2 Å². The average Bonchev–Trinajstić information content (AvgIpc) is 2.46. The number of aliphatic hydroxyl groups excluding tert-OH is 1. The number of hydrogen-bond acceptors (Lipinski definition) is 4. The van der Waals surface area contributed by atoms with Gasteiger partial charge in [-0.05, 0) is 37.1 Å². The Morgan fingerprint density at radius 3 is 2.50 bits per heavy atom. The Labute approximate surface area is 107 Å². The smallest absolute Gasteiger partial charge is 0.150 e. The van der Waals surface area contributed by atoms with E-state index >= 15 is 0 Å². The van der Waals surface area contributed by atoms with Gasteiger partial charge in [0, 0.05) is 24.3 Å². The summed E-state index contributed by atoms with van der Waals surface area (Å²) in [7, 11) is 0. The maximum Gasteiger partial charge on any atom is 0.150 e. The van der Waals surface area contributed by atoms with Crippen LogP contribution in [0.3, 0.4) is 0 Å². The summed E-state index contributed by atoms with van der Waals surface area (Å²) in [5.41, 5.74) is 1.86.